The Bertz CT molecular complexity index is 633. The molecule has 0 atom stereocenters. The van der Waals surface area contributed by atoms with Crippen LogP contribution in [-0.2, 0) is 4.79 Å². The van der Waals surface area contributed by atoms with Gasteiger partial charge in [-0.3, -0.25) is 4.79 Å². The van der Waals surface area contributed by atoms with Crippen molar-refractivity contribution >= 4 is 41.5 Å². The van der Waals surface area contributed by atoms with Crippen molar-refractivity contribution in [3.8, 4) is 11.5 Å². The summed E-state index contributed by atoms with van der Waals surface area (Å²) in [7, 11) is 4.99. The number of aliphatic imine (C=N–C) groups is 1. The molecule has 0 heterocycles. The summed E-state index contributed by atoms with van der Waals surface area (Å²) in [5, 5.41) is 6.30. The predicted molar refractivity (Wildman–Crippen MR) is 117 cm³/mol. The molecule has 0 saturated heterocycles. The second kappa shape index (κ2) is 12.4. The second-order valence-electron chi connectivity index (χ2n) is 5.69. The van der Waals surface area contributed by atoms with Gasteiger partial charge in [-0.05, 0) is 26.0 Å². The molecule has 0 unspecified atom stereocenters. The molecule has 0 fully saturated rings. The van der Waals surface area contributed by atoms with Gasteiger partial charge in [-0.1, -0.05) is 12.2 Å². The van der Waals surface area contributed by atoms with Crippen LogP contribution in [0.2, 0.25) is 0 Å². The number of carbonyl (C=O) groups excluding carboxylic acids is 1. The smallest absolute Gasteiger partial charge is 0.243 e. The van der Waals surface area contributed by atoms with Gasteiger partial charge < -0.3 is 25.0 Å². The van der Waals surface area contributed by atoms with Crippen LogP contribution in [0.1, 0.15) is 13.8 Å². The Morgan fingerprint density at radius 1 is 1.31 bits per heavy atom. The van der Waals surface area contributed by atoms with Crippen molar-refractivity contribution in [2.75, 3.05) is 46.2 Å². The molecule has 0 radical (unpaired) electrons. The van der Waals surface area contributed by atoms with Crippen LogP contribution in [0.25, 0.3) is 0 Å². The molecule has 0 aliphatic carbocycles. The summed E-state index contributed by atoms with van der Waals surface area (Å²) in [6.45, 7) is 8.85. The number of hydrogen-bond acceptors (Lipinski definition) is 4. The van der Waals surface area contributed by atoms with E-state index in [1.54, 1.807) is 21.2 Å². The summed E-state index contributed by atoms with van der Waals surface area (Å²) in [6, 6.07) is 5.50. The van der Waals surface area contributed by atoms with Crippen LogP contribution in [-0.4, -0.2) is 57.7 Å². The Labute approximate surface area is 172 Å². The van der Waals surface area contributed by atoms with Crippen molar-refractivity contribution in [3.05, 3.63) is 30.4 Å². The molecular formula is C18H29IN4O3. The van der Waals surface area contributed by atoms with Crippen LogP contribution in [0.5, 0.6) is 11.5 Å². The molecule has 0 aliphatic rings. The second-order valence-corrected chi connectivity index (χ2v) is 5.69. The molecule has 2 N–H and O–H groups in total. The summed E-state index contributed by atoms with van der Waals surface area (Å²) >= 11 is 0. The number of likely N-dealkylation sites (N-methyl/N-ethyl adjacent to an activating group) is 1. The van der Waals surface area contributed by atoms with Gasteiger partial charge in [0.15, 0.2) is 17.5 Å². The van der Waals surface area contributed by atoms with Gasteiger partial charge in [0, 0.05) is 32.4 Å². The van der Waals surface area contributed by atoms with E-state index in [4.69, 9.17) is 9.47 Å². The highest BCUT2D eigenvalue weighted by atomic mass is 127. The van der Waals surface area contributed by atoms with E-state index >= 15 is 0 Å². The number of nitrogens with one attached hydrogen (secondary N) is 2. The largest absolute Gasteiger partial charge is 0.493 e. The molecule has 1 aromatic rings. The van der Waals surface area contributed by atoms with E-state index in [9.17, 15) is 4.79 Å². The fraction of sp³-hybridized carbons (Fsp3) is 0.444. The number of guanidine groups is 1. The fourth-order valence-electron chi connectivity index (χ4n) is 1.82. The van der Waals surface area contributed by atoms with E-state index in [1.165, 1.54) is 4.90 Å². The maximum Gasteiger partial charge on any atom is 0.243 e. The van der Waals surface area contributed by atoms with Gasteiger partial charge in [0.25, 0.3) is 0 Å². The molecule has 1 amide bonds. The van der Waals surface area contributed by atoms with Crippen molar-refractivity contribution in [1.82, 2.24) is 10.2 Å². The maximum absolute atomic E-state index is 11.8. The molecule has 0 spiro atoms. The molecule has 1 rings (SSSR count). The lowest BCUT2D eigenvalue weighted by Gasteiger charge is -2.15. The lowest BCUT2D eigenvalue weighted by molar-refractivity contribution is -0.127. The Balaban J connectivity index is 0.00000625. The maximum atomic E-state index is 11.8. The topological polar surface area (TPSA) is 75.2 Å². The van der Waals surface area contributed by atoms with Crippen molar-refractivity contribution in [2.45, 2.75) is 13.8 Å². The third-order valence-corrected chi connectivity index (χ3v) is 3.16. The first-order chi connectivity index (χ1) is 11.9. The number of anilines is 1. The number of ether oxygens (including phenoxy) is 2. The number of hydrogen-bond donors (Lipinski definition) is 2. The van der Waals surface area contributed by atoms with E-state index < -0.39 is 0 Å². The molecule has 7 nitrogen and oxygen atoms in total. The van der Waals surface area contributed by atoms with E-state index in [-0.39, 0.29) is 36.4 Å². The molecule has 0 aliphatic heterocycles. The Kier molecular flexibility index (Phi) is 11.5. The van der Waals surface area contributed by atoms with E-state index in [0.717, 1.165) is 11.3 Å². The van der Waals surface area contributed by atoms with Gasteiger partial charge in [0.05, 0.1) is 13.7 Å². The van der Waals surface area contributed by atoms with Crippen LogP contribution in [0.3, 0.4) is 0 Å². The van der Waals surface area contributed by atoms with Gasteiger partial charge in [-0.15, -0.1) is 24.0 Å². The van der Waals surface area contributed by atoms with Crippen molar-refractivity contribution in [3.63, 3.8) is 0 Å². The molecule has 8 heteroatoms. The number of halogens is 1. The van der Waals surface area contributed by atoms with Gasteiger partial charge in [0.1, 0.15) is 6.54 Å². The first kappa shape index (κ1) is 24.0. The minimum atomic E-state index is -0.0827. The van der Waals surface area contributed by atoms with Gasteiger partial charge in [-0.2, -0.15) is 0 Å². The third kappa shape index (κ3) is 8.41. The van der Waals surface area contributed by atoms with Crippen LogP contribution in [0.15, 0.2) is 35.3 Å². The summed E-state index contributed by atoms with van der Waals surface area (Å²) in [6.07, 6.45) is 0. The van der Waals surface area contributed by atoms with Crippen LogP contribution < -0.4 is 20.1 Å². The highest BCUT2D eigenvalue weighted by Crippen LogP contribution is 2.30. The molecule has 26 heavy (non-hydrogen) atoms. The van der Waals surface area contributed by atoms with Crippen molar-refractivity contribution in [2.24, 2.45) is 4.99 Å². The number of methoxy groups -OCH3 is 1. The third-order valence-electron chi connectivity index (χ3n) is 3.16. The lowest BCUT2D eigenvalue weighted by Crippen LogP contribution is -2.34. The minimum Gasteiger partial charge on any atom is -0.493 e. The van der Waals surface area contributed by atoms with Crippen molar-refractivity contribution < 1.29 is 14.3 Å². The predicted octanol–water partition coefficient (Wildman–Crippen LogP) is 2.73. The SMILES string of the molecule is C=C(C)CNC(=NCC(=O)N(C)C)Nc1ccc(OCC)c(OC)c1.I. The summed E-state index contributed by atoms with van der Waals surface area (Å²) in [5.41, 5.74) is 1.73. The van der Waals surface area contributed by atoms with Crippen LogP contribution in [0, 0.1) is 0 Å². The lowest BCUT2D eigenvalue weighted by atomic mass is 10.2. The van der Waals surface area contributed by atoms with E-state index in [2.05, 4.69) is 22.2 Å². The molecule has 0 saturated carbocycles. The Hall–Kier alpha value is -1.97. The molecule has 0 bridgehead atoms. The summed E-state index contributed by atoms with van der Waals surface area (Å²) < 4.78 is 10.9. The summed E-state index contributed by atoms with van der Waals surface area (Å²) in [5.74, 6) is 1.70. The van der Waals surface area contributed by atoms with Crippen LogP contribution in [0.4, 0.5) is 5.69 Å². The first-order valence-electron chi connectivity index (χ1n) is 8.08. The number of carbonyl (C=O) groups is 1. The number of amides is 1. The molecule has 146 valence electrons. The normalized spacial score (nSPS) is 10.4. The van der Waals surface area contributed by atoms with Crippen molar-refractivity contribution in [1.29, 1.82) is 0 Å². The molecule has 1 aromatic carbocycles. The number of benzene rings is 1. The average Bonchev–Trinajstić information content (AvgIpc) is 2.58. The quantitative estimate of drug-likeness (QED) is 0.261. The Morgan fingerprint density at radius 2 is 2.00 bits per heavy atom. The zero-order chi connectivity index (χ0) is 18.8. The molecular weight excluding hydrogens is 447 g/mol. The Morgan fingerprint density at radius 3 is 2.54 bits per heavy atom. The van der Waals surface area contributed by atoms with Gasteiger partial charge in [-0.25, -0.2) is 4.99 Å². The zero-order valence-corrected chi connectivity index (χ0v) is 18.4. The van der Waals surface area contributed by atoms with E-state index in [0.29, 0.717) is 30.6 Å². The minimum absolute atomic E-state index is 0. The number of nitrogens with zero attached hydrogens (tertiary/aromatic N) is 2. The number of rotatable bonds is 8. The first-order valence-corrected chi connectivity index (χ1v) is 8.08. The standard InChI is InChI=1S/C18H28N4O3.HI/c1-7-25-15-9-8-14(10-16(15)24-6)21-18(19-11-13(2)3)20-12-17(23)22(4)5;/h8-10H,2,7,11-12H2,1,3-6H3,(H2,19,20,21);1H. The van der Waals surface area contributed by atoms with Gasteiger partial charge >= 0.3 is 0 Å². The highest BCUT2D eigenvalue weighted by molar-refractivity contribution is 14.0. The monoisotopic (exact) mass is 476 g/mol. The average molecular weight is 476 g/mol. The fourth-order valence-corrected chi connectivity index (χ4v) is 1.82. The van der Waals surface area contributed by atoms with E-state index in [1.807, 2.05) is 32.0 Å². The zero-order valence-electron chi connectivity index (χ0n) is 16.1. The van der Waals surface area contributed by atoms with Gasteiger partial charge in [0.2, 0.25) is 5.91 Å². The molecule has 0 aromatic heterocycles. The highest BCUT2D eigenvalue weighted by Gasteiger charge is 2.08. The summed E-state index contributed by atoms with van der Waals surface area (Å²) in [4.78, 5) is 17.6. The van der Waals surface area contributed by atoms with Crippen LogP contribution >= 0.6 is 24.0 Å².